The number of aromatic nitrogens is 6. The van der Waals surface area contributed by atoms with Crippen LogP contribution in [-0.2, 0) is 31.2 Å². The average Bonchev–Trinajstić information content (AvgIpc) is 0.995. The van der Waals surface area contributed by atoms with Crippen LogP contribution in [0.5, 0.6) is 0 Å². The number of rotatable bonds is 15. The number of hydrogen-bond acceptors (Lipinski definition) is 18. The zero-order valence-corrected chi connectivity index (χ0v) is 57.1. The Bertz CT molecular complexity index is 2320. The van der Waals surface area contributed by atoms with Crippen molar-refractivity contribution in [3.63, 3.8) is 0 Å². The van der Waals surface area contributed by atoms with Gasteiger partial charge in [0.1, 0.15) is 0 Å². The molecular weight excluding hydrogens is 1090 g/mol. The quantitative estimate of drug-likeness (QED) is 0.129. The standard InChI is InChI=1S/C62H110N18O6/c1-51(2)27-39(28-52(3,4)75(51)81)63-45-67-46(64-40-29-53(5,6)76(82)54(7,8)30-40)70-49(69-45)73(43-35-59(17,18)79(85)60(19,20)36-43)25-26-74(44-37-61(21,22)80(86)62(23,24)38-44)50-71-47(65-41-31-55(9,10)77(83)56(11,12)32-41)68-48(72-50)66-42-33-57(13,14)78(84)58(15,16)34-42/h39-44H,25-38H2,1-24H3,(H2,63,64,67,69,70)(H2,65,66,68,71,72). The summed E-state index contributed by atoms with van der Waals surface area (Å²) in [5, 5.41) is 105. The van der Waals surface area contributed by atoms with Gasteiger partial charge in [0.15, 0.2) is 0 Å². The number of anilines is 6. The van der Waals surface area contributed by atoms with Gasteiger partial charge in [0.25, 0.3) is 0 Å². The topological polar surface area (TPSA) is 271 Å². The molecule has 6 aliphatic rings. The van der Waals surface area contributed by atoms with Gasteiger partial charge in [0, 0.05) is 116 Å². The zero-order chi connectivity index (χ0) is 64.5. The zero-order valence-electron chi connectivity index (χ0n) is 57.1. The lowest BCUT2D eigenvalue weighted by molar-refractivity contribution is -0.289. The van der Waals surface area contributed by atoms with Gasteiger partial charge in [-0.3, -0.25) is 0 Å². The van der Waals surface area contributed by atoms with Crippen molar-refractivity contribution in [2.24, 2.45) is 0 Å². The molecule has 6 saturated heterocycles. The summed E-state index contributed by atoms with van der Waals surface area (Å²) in [5.41, 5.74) is -8.69. The van der Waals surface area contributed by atoms with Crippen LogP contribution in [0, 0.1) is 0 Å². The molecule has 0 spiro atoms. The van der Waals surface area contributed by atoms with Gasteiger partial charge in [-0.15, -0.1) is 61.6 Å². The second-order valence-corrected chi connectivity index (χ2v) is 34.6. The second-order valence-electron chi connectivity index (χ2n) is 34.6. The van der Waals surface area contributed by atoms with E-state index in [4.69, 9.17) is 29.9 Å². The smallest absolute Gasteiger partial charge is 0.232 e. The second kappa shape index (κ2) is 22.6. The highest BCUT2D eigenvalue weighted by Gasteiger charge is 2.54. The van der Waals surface area contributed by atoms with Gasteiger partial charge >= 0.3 is 0 Å². The van der Waals surface area contributed by atoms with Crippen LogP contribution in [0.15, 0.2) is 0 Å². The fourth-order valence-electron chi connectivity index (χ4n) is 17.4. The first kappa shape index (κ1) is 68.3. The van der Waals surface area contributed by atoms with Crippen molar-refractivity contribution in [2.45, 2.75) is 346 Å². The Balaban J connectivity index is 1.29. The van der Waals surface area contributed by atoms with Crippen LogP contribution >= 0.6 is 0 Å². The van der Waals surface area contributed by atoms with E-state index in [0.717, 1.165) is 0 Å². The molecule has 0 amide bonds. The highest BCUT2D eigenvalue weighted by atomic mass is 16.5. The number of hydroxylamine groups is 12. The molecule has 86 heavy (non-hydrogen) atoms. The van der Waals surface area contributed by atoms with Crippen molar-refractivity contribution in [2.75, 3.05) is 44.2 Å². The number of piperidine rings is 6. The van der Waals surface area contributed by atoms with Crippen LogP contribution in [-0.4, -0.2) is 176 Å². The van der Waals surface area contributed by atoms with Crippen molar-refractivity contribution < 1.29 is 31.2 Å². The predicted molar refractivity (Wildman–Crippen MR) is 331 cm³/mol. The fraction of sp³-hybridized carbons (Fsp3) is 0.903. The van der Waals surface area contributed by atoms with E-state index in [2.05, 4.69) is 31.1 Å². The van der Waals surface area contributed by atoms with E-state index >= 15 is 0 Å². The van der Waals surface area contributed by atoms with Gasteiger partial charge in [-0.2, -0.15) is 29.9 Å². The Labute approximate surface area is 515 Å². The van der Waals surface area contributed by atoms with E-state index in [1.807, 2.05) is 166 Å². The summed E-state index contributed by atoms with van der Waals surface area (Å²) in [4.78, 5) is 36.1. The molecule has 6 fully saturated rings. The maximum absolute atomic E-state index is 14.3. The van der Waals surface area contributed by atoms with Crippen molar-refractivity contribution in [1.82, 2.24) is 60.3 Å². The minimum atomic E-state index is -0.798. The molecule has 0 atom stereocenters. The molecule has 2 aromatic heterocycles. The summed E-state index contributed by atoms with van der Waals surface area (Å²) < 4.78 is 0. The fourth-order valence-corrected chi connectivity index (χ4v) is 17.4. The first-order valence-corrected chi connectivity index (χ1v) is 31.9. The maximum Gasteiger partial charge on any atom is 0.232 e. The van der Waals surface area contributed by atoms with Crippen LogP contribution in [0.4, 0.5) is 35.7 Å². The third-order valence-electron chi connectivity index (χ3n) is 20.1. The van der Waals surface area contributed by atoms with Gasteiger partial charge < -0.3 is 31.1 Å². The van der Waals surface area contributed by atoms with Crippen LogP contribution in [0.2, 0.25) is 0 Å². The maximum atomic E-state index is 14.3. The first-order valence-electron chi connectivity index (χ1n) is 31.9. The molecule has 0 aliphatic carbocycles. The van der Waals surface area contributed by atoms with E-state index in [1.54, 1.807) is 0 Å². The number of nitrogens with one attached hydrogen (secondary N) is 4. The summed E-state index contributed by atoms with van der Waals surface area (Å²) in [6.45, 7) is 48.1. The van der Waals surface area contributed by atoms with Crippen molar-refractivity contribution in [3.05, 3.63) is 0 Å². The summed E-state index contributed by atoms with van der Waals surface area (Å²) >= 11 is 0. The molecule has 0 aromatic carbocycles. The molecule has 484 valence electrons. The minimum absolute atomic E-state index is 0.177. The van der Waals surface area contributed by atoms with Crippen molar-refractivity contribution in [3.8, 4) is 0 Å². The first-order chi connectivity index (χ1) is 38.9. The Morgan fingerprint density at radius 1 is 0.279 bits per heavy atom. The SMILES string of the molecule is CC1(C)CC(Nc2nc(NC3CC(C)(C)N([O])C(C)(C)C3)nc(N(CCN(c3nc(NC4CC(C)(C)N([O])C(C)(C)C4)nc(NC4CC(C)(C)N([O])C(C)(C)C4)n3)C3CC(C)(C)N([O])C(C)(C)C3)C3CC(C)(C)N([O])C(C)(C)C3)n2)CC(C)(C)N1[O]. The molecule has 8 heterocycles. The van der Waals surface area contributed by atoms with Crippen LogP contribution < -0.4 is 31.1 Å². The molecule has 2 aromatic rings. The van der Waals surface area contributed by atoms with Crippen molar-refractivity contribution >= 4 is 35.7 Å². The molecule has 4 N–H and O–H groups in total. The predicted octanol–water partition coefficient (Wildman–Crippen LogP) is 10.2. The molecule has 0 unspecified atom stereocenters. The van der Waals surface area contributed by atoms with Gasteiger partial charge in [0.05, 0.1) is 0 Å². The Morgan fingerprint density at radius 3 is 0.593 bits per heavy atom. The summed E-state index contributed by atoms with van der Waals surface area (Å²) in [6.07, 6.45) is 6.15. The molecular formula is C62H110N18O6. The van der Waals surface area contributed by atoms with E-state index < -0.39 is 66.5 Å². The third kappa shape index (κ3) is 14.1. The van der Waals surface area contributed by atoms with Gasteiger partial charge in [-0.25, -0.2) is 0 Å². The Hall–Kier alpha value is -3.66. The lowest BCUT2D eigenvalue weighted by Crippen LogP contribution is -2.64. The van der Waals surface area contributed by atoms with E-state index in [9.17, 15) is 31.2 Å². The molecule has 0 bridgehead atoms. The number of nitrogens with zero attached hydrogens (tertiary/aromatic N) is 14. The minimum Gasteiger partial charge on any atom is -0.351 e. The number of hydrogen-bond donors (Lipinski definition) is 4. The van der Waals surface area contributed by atoms with E-state index in [-0.39, 0.29) is 36.3 Å². The highest BCUT2D eigenvalue weighted by molar-refractivity contribution is 5.49. The Kier molecular flexibility index (Phi) is 18.0. The highest BCUT2D eigenvalue weighted by Crippen LogP contribution is 2.46. The molecule has 6 radical (unpaired) electrons. The summed E-state index contributed by atoms with van der Waals surface area (Å²) in [7, 11) is 0. The molecule has 24 nitrogen and oxygen atoms in total. The van der Waals surface area contributed by atoms with Crippen LogP contribution in [0.25, 0.3) is 0 Å². The van der Waals surface area contributed by atoms with Gasteiger partial charge in [-0.05, 0) is 243 Å². The van der Waals surface area contributed by atoms with Crippen LogP contribution in [0.3, 0.4) is 0 Å². The molecule has 6 aliphatic heterocycles. The third-order valence-corrected chi connectivity index (χ3v) is 20.1. The van der Waals surface area contributed by atoms with Crippen LogP contribution in [0.1, 0.15) is 243 Å². The van der Waals surface area contributed by atoms with Crippen molar-refractivity contribution in [1.29, 1.82) is 0 Å². The average molecular weight is 1200 g/mol. The summed E-state index contributed by atoms with van der Waals surface area (Å²) in [6, 6.07) is -1.27. The molecule has 8 rings (SSSR count). The van der Waals surface area contributed by atoms with Gasteiger partial charge in [0.2, 0.25) is 35.7 Å². The lowest BCUT2D eigenvalue weighted by atomic mass is 9.78. The van der Waals surface area contributed by atoms with E-state index in [0.29, 0.717) is 126 Å². The lowest BCUT2D eigenvalue weighted by Gasteiger charge is -2.53. The van der Waals surface area contributed by atoms with E-state index in [1.165, 1.54) is 30.4 Å². The van der Waals surface area contributed by atoms with Gasteiger partial charge in [-0.1, -0.05) is 0 Å². The monoisotopic (exact) mass is 1200 g/mol. The normalized spacial score (nSPS) is 28.2. The molecule has 24 heteroatoms. The summed E-state index contributed by atoms with van der Waals surface area (Å²) in [5.74, 6) is 2.14. The largest absolute Gasteiger partial charge is 0.351 e. The molecule has 0 saturated carbocycles. The Morgan fingerprint density at radius 2 is 0.430 bits per heavy atom.